The number of alkyl halides is 1. The molecular formula is C20H30BrFN4O2. The maximum atomic E-state index is 15.4. The Bertz CT molecular complexity index is 681. The molecule has 6 nitrogen and oxygen atoms in total. The van der Waals surface area contributed by atoms with Crippen LogP contribution in [0.15, 0.2) is 22.8 Å². The number of carbonyl (C=O) groups is 1. The fraction of sp³-hybridized carbons (Fsp3) is 0.700. The van der Waals surface area contributed by atoms with Gasteiger partial charge in [-0.3, -0.25) is 4.90 Å². The number of ether oxygens (including phenoxy) is 1. The number of amides is 1. The summed E-state index contributed by atoms with van der Waals surface area (Å²) in [6, 6.07) is 3.93. The Morgan fingerprint density at radius 2 is 1.86 bits per heavy atom. The molecule has 2 aliphatic rings. The van der Waals surface area contributed by atoms with Crippen LogP contribution >= 0.6 is 15.9 Å². The van der Waals surface area contributed by atoms with E-state index in [1.54, 1.807) is 11.1 Å². The van der Waals surface area contributed by atoms with Crippen molar-refractivity contribution in [1.29, 1.82) is 0 Å². The fourth-order valence-electron chi connectivity index (χ4n) is 3.68. The van der Waals surface area contributed by atoms with Crippen LogP contribution in [-0.4, -0.2) is 78.0 Å². The number of nitrogens with zero attached hydrogens (tertiary/aromatic N) is 4. The van der Waals surface area contributed by atoms with E-state index >= 15 is 4.39 Å². The van der Waals surface area contributed by atoms with Crippen LogP contribution in [0, 0.1) is 0 Å². The molecule has 1 amide bonds. The second-order valence-corrected chi connectivity index (χ2v) is 9.63. The first-order valence-corrected chi connectivity index (χ1v) is 10.7. The molecule has 0 atom stereocenters. The molecule has 0 radical (unpaired) electrons. The zero-order chi connectivity index (χ0) is 20.4. The zero-order valence-corrected chi connectivity index (χ0v) is 18.5. The number of aromatic nitrogens is 1. The highest BCUT2D eigenvalue weighted by Crippen LogP contribution is 2.29. The van der Waals surface area contributed by atoms with Gasteiger partial charge in [-0.2, -0.15) is 0 Å². The summed E-state index contributed by atoms with van der Waals surface area (Å²) in [7, 11) is 0. The van der Waals surface area contributed by atoms with Crippen molar-refractivity contribution in [2.75, 3.05) is 50.7 Å². The van der Waals surface area contributed by atoms with Gasteiger partial charge in [0, 0.05) is 69.3 Å². The number of rotatable bonds is 3. The van der Waals surface area contributed by atoms with E-state index in [2.05, 4.69) is 30.7 Å². The van der Waals surface area contributed by atoms with Gasteiger partial charge < -0.3 is 14.5 Å². The molecule has 156 valence electrons. The molecule has 0 bridgehead atoms. The monoisotopic (exact) mass is 456 g/mol. The Morgan fingerprint density at radius 1 is 1.21 bits per heavy atom. The van der Waals surface area contributed by atoms with Crippen molar-refractivity contribution in [3.05, 3.63) is 22.8 Å². The van der Waals surface area contributed by atoms with Crippen LogP contribution in [0.25, 0.3) is 0 Å². The van der Waals surface area contributed by atoms with Crippen LogP contribution in [0.5, 0.6) is 0 Å². The molecule has 0 spiro atoms. The quantitative estimate of drug-likeness (QED) is 0.693. The molecule has 0 aliphatic carbocycles. The molecule has 2 fully saturated rings. The highest BCUT2D eigenvalue weighted by Gasteiger charge is 2.39. The van der Waals surface area contributed by atoms with Crippen LogP contribution in [0.1, 0.15) is 33.6 Å². The van der Waals surface area contributed by atoms with E-state index in [1.807, 2.05) is 32.9 Å². The van der Waals surface area contributed by atoms with Gasteiger partial charge in [-0.25, -0.2) is 14.2 Å². The zero-order valence-electron chi connectivity index (χ0n) is 17.0. The molecule has 28 heavy (non-hydrogen) atoms. The van der Waals surface area contributed by atoms with E-state index < -0.39 is 11.3 Å². The van der Waals surface area contributed by atoms with Crippen molar-refractivity contribution in [3.63, 3.8) is 0 Å². The number of pyridine rings is 1. The summed E-state index contributed by atoms with van der Waals surface area (Å²) in [5.74, 6) is 0.953. The summed E-state index contributed by atoms with van der Waals surface area (Å²) in [4.78, 5) is 22.6. The molecule has 0 aromatic carbocycles. The lowest BCUT2D eigenvalue weighted by atomic mass is 9.92. The molecule has 1 aromatic heterocycles. The van der Waals surface area contributed by atoms with Gasteiger partial charge in [-0.15, -0.1) is 0 Å². The van der Waals surface area contributed by atoms with Gasteiger partial charge in [0.1, 0.15) is 17.1 Å². The first-order chi connectivity index (χ1) is 13.1. The van der Waals surface area contributed by atoms with Crippen LogP contribution in [0.4, 0.5) is 15.0 Å². The van der Waals surface area contributed by atoms with Crippen molar-refractivity contribution >= 4 is 27.8 Å². The Hall–Kier alpha value is -1.41. The van der Waals surface area contributed by atoms with Crippen LogP contribution in [0.2, 0.25) is 0 Å². The van der Waals surface area contributed by atoms with Crippen molar-refractivity contribution in [2.45, 2.75) is 44.9 Å². The van der Waals surface area contributed by atoms with Gasteiger partial charge in [0.15, 0.2) is 0 Å². The van der Waals surface area contributed by atoms with Crippen molar-refractivity contribution in [3.8, 4) is 0 Å². The van der Waals surface area contributed by atoms with Gasteiger partial charge in [0.25, 0.3) is 0 Å². The summed E-state index contributed by atoms with van der Waals surface area (Å²) in [6.45, 7) is 10.1. The number of hydrogen-bond donors (Lipinski definition) is 0. The van der Waals surface area contributed by atoms with Crippen LogP contribution < -0.4 is 4.90 Å². The van der Waals surface area contributed by atoms with E-state index in [9.17, 15) is 4.79 Å². The normalized spacial score (nSPS) is 20.9. The maximum Gasteiger partial charge on any atom is 0.410 e. The molecule has 1 aromatic rings. The minimum absolute atomic E-state index is 0.343. The molecule has 3 heterocycles. The minimum atomic E-state index is -1.24. The van der Waals surface area contributed by atoms with Gasteiger partial charge in [0.05, 0.1) is 0 Å². The molecule has 2 aliphatic heterocycles. The number of anilines is 1. The van der Waals surface area contributed by atoms with E-state index in [-0.39, 0.29) is 6.09 Å². The smallest absolute Gasteiger partial charge is 0.410 e. The van der Waals surface area contributed by atoms with E-state index in [0.717, 1.165) is 36.5 Å². The lowest BCUT2D eigenvalue weighted by molar-refractivity contribution is -0.00638. The Labute approximate surface area is 175 Å². The molecule has 8 heteroatoms. The molecule has 0 N–H and O–H groups in total. The van der Waals surface area contributed by atoms with Crippen LogP contribution in [-0.2, 0) is 4.74 Å². The standard InChI is InChI=1S/C20H30BrFN4O2/c1-19(2,3)28-18(27)26-8-5-20(22,6-9-26)15-24-10-12-25(13-11-24)17-14-16(21)4-7-23-17/h4,7,14H,5-6,8-13,15H2,1-3H3. The lowest BCUT2D eigenvalue weighted by Crippen LogP contribution is -2.54. The summed E-state index contributed by atoms with van der Waals surface area (Å²) in [5.41, 5.74) is -1.76. The SMILES string of the molecule is CC(C)(C)OC(=O)N1CCC(F)(CN2CCN(c3cc(Br)ccn3)CC2)CC1. The Balaban J connectivity index is 1.46. The minimum Gasteiger partial charge on any atom is -0.444 e. The van der Waals surface area contributed by atoms with Gasteiger partial charge in [0.2, 0.25) is 0 Å². The summed E-state index contributed by atoms with van der Waals surface area (Å²) < 4.78 is 21.8. The first-order valence-electron chi connectivity index (χ1n) is 9.89. The van der Waals surface area contributed by atoms with Crippen LogP contribution in [0.3, 0.4) is 0 Å². The summed E-state index contributed by atoms with van der Waals surface area (Å²) >= 11 is 3.48. The second-order valence-electron chi connectivity index (χ2n) is 8.71. The number of carbonyl (C=O) groups excluding carboxylic acids is 1. The Morgan fingerprint density at radius 3 is 2.43 bits per heavy atom. The molecule has 2 saturated heterocycles. The second kappa shape index (κ2) is 8.53. The predicted molar refractivity (Wildman–Crippen MR) is 111 cm³/mol. The highest BCUT2D eigenvalue weighted by atomic mass is 79.9. The van der Waals surface area contributed by atoms with E-state index in [4.69, 9.17) is 4.74 Å². The number of piperidine rings is 1. The van der Waals surface area contributed by atoms with E-state index in [0.29, 0.717) is 32.5 Å². The van der Waals surface area contributed by atoms with Gasteiger partial charge in [-0.05, 0) is 32.9 Å². The van der Waals surface area contributed by atoms with Crippen molar-refractivity contribution in [2.24, 2.45) is 0 Å². The molecule has 0 unspecified atom stereocenters. The third kappa shape index (κ3) is 5.80. The van der Waals surface area contributed by atoms with Gasteiger partial charge >= 0.3 is 6.09 Å². The average Bonchev–Trinajstić information content (AvgIpc) is 2.61. The highest BCUT2D eigenvalue weighted by molar-refractivity contribution is 9.10. The first kappa shape index (κ1) is 21.3. The number of halogens is 2. The number of piperazine rings is 1. The third-order valence-corrected chi connectivity index (χ3v) is 5.72. The third-order valence-electron chi connectivity index (χ3n) is 5.22. The largest absolute Gasteiger partial charge is 0.444 e. The fourth-order valence-corrected chi connectivity index (χ4v) is 4.00. The van der Waals surface area contributed by atoms with Crippen molar-refractivity contribution in [1.82, 2.24) is 14.8 Å². The number of likely N-dealkylation sites (tertiary alicyclic amines) is 1. The predicted octanol–water partition coefficient (Wildman–Crippen LogP) is 3.71. The summed E-state index contributed by atoms with van der Waals surface area (Å²) in [5, 5.41) is 0. The molecular weight excluding hydrogens is 427 g/mol. The number of hydrogen-bond acceptors (Lipinski definition) is 5. The molecule has 0 saturated carbocycles. The average molecular weight is 457 g/mol. The van der Waals surface area contributed by atoms with Gasteiger partial charge in [-0.1, -0.05) is 15.9 Å². The summed E-state index contributed by atoms with van der Waals surface area (Å²) in [6.07, 6.45) is 2.17. The maximum absolute atomic E-state index is 15.4. The Kier molecular flexibility index (Phi) is 6.49. The topological polar surface area (TPSA) is 48.9 Å². The molecule has 3 rings (SSSR count). The van der Waals surface area contributed by atoms with Crippen molar-refractivity contribution < 1.29 is 13.9 Å². The lowest BCUT2D eigenvalue weighted by Gasteiger charge is -2.42. The van der Waals surface area contributed by atoms with E-state index in [1.165, 1.54) is 0 Å².